The first-order valence-electron chi connectivity index (χ1n) is 7.57. The van der Waals surface area contributed by atoms with Gasteiger partial charge in [0.2, 0.25) is 0 Å². The van der Waals surface area contributed by atoms with E-state index >= 15 is 0 Å². The summed E-state index contributed by atoms with van der Waals surface area (Å²) < 4.78 is 10.8. The Balaban J connectivity index is 1.96. The Morgan fingerprint density at radius 1 is 1.28 bits per heavy atom. The van der Waals surface area contributed by atoms with Crippen LogP contribution in [0.4, 0.5) is 11.4 Å². The second-order valence-electron chi connectivity index (χ2n) is 5.55. The Labute approximate surface area is 143 Å². The molecular formula is C18H16N2O5. The number of carbonyl (C=O) groups is 1. The van der Waals surface area contributed by atoms with Crippen molar-refractivity contribution in [2.24, 2.45) is 0 Å². The van der Waals surface area contributed by atoms with Crippen molar-refractivity contribution in [1.82, 2.24) is 0 Å². The fraction of sp³-hybridized carbons (Fsp3) is 0.167. The first kappa shape index (κ1) is 16.7. The molecule has 0 atom stereocenters. The minimum absolute atomic E-state index is 0.0560. The summed E-state index contributed by atoms with van der Waals surface area (Å²) in [6.07, 6.45) is 0. The normalized spacial score (nSPS) is 10.8. The molecule has 0 spiro atoms. The summed E-state index contributed by atoms with van der Waals surface area (Å²) in [5.74, 6) is -0.354. The number of benzene rings is 2. The van der Waals surface area contributed by atoms with E-state index < -0.39 is 10.8 Å². The molecule has 128 valence electrons. The second kappa shape index (κ2) is 6.74. The highest BCUT2D eigenvalue weighted by Gasteiger charge is 2.21. The van der Waals surface area contributed by atoms with Crippen LogP contribution in [0, 0.1) is 17.0 Å². The predicted molar refractivity (Wildman–Crippen MR) is 92.7 cm³/mol. The minimum Gasteiger partial charge on any atom is -0.451 e. The molecule has 1 aromatic heterocycles. The SMILES string of the molecule is COCc1c(C(=O)Nc2ccc(C)c([N+](=O)[O-])c2)oc2ccccc12. The van der Waals surface area contributed by atoms with Gasteiger partial charge in [0.05, 0.1) is 11.5 Å². The standard InChI is InChI=1S/C18H16N2O5/c1-11-7-8-12(9-15(11)20(22)23)19-18(21)17-14(10-24-2)13-5-3-4-6-16(13)25-17/h3-9H,10H2,1-2H3,(H,19,21). The number of ether oxygens (including phenoxy) is 1. The number of rotatable bonds is 5. The molecule has 3 rings (SSSR count). The number of furan rings is 1. The van der Waals surface area contributed by atoms with Gasteiger partial charge in [0.25, 0.3) is 11.6 Å². The lowest BCUT2D eigenvalue weighted by molar-refractivity contribution is -0.385. The van der Waals surface area contributed by atoms with Crippen LogP contribution in [-0.4, -0.2) is 17.9 Å². The zero-order valence-electron chi connectivity index (χ0n) is 13.7. The molecule has 0 aliphatic heterocycles. The Kier molecular flexibility index (Phi) is 4.49. The van der Waals surface area contributed by atoms with Crippen molar-refractivity contribution in [2.75, 3.05) is 12.4 Å². The predicted octanol–water partition coefficient (Wildman–Crippen LogP) is 4.05. The van der Waals surface area contributed by atoms with Gasteiger partial charge in [-0.05, 0) is 19.1 Å². The first-order valence-corrected chi connectivity index (χ1v) is 7.57. The Hall–Kier alpha value is -3.19. The van der Waals surface area contributed by atoms with Crippen molar-refractivity contribution in [3.63, 3.8) is 0 Å². The fourth-order valence-corrected chi connectivity index (χ4v) is 2.64. The highest BCUT2D eigenvalue weighted by atomic mass is 16.6. The molecule has 0 saturated carbocycles. The van der Waals surface area contributed by atoms with E-state index in [-0.39, 0.29) is 18.1 Å². The molecule has 2 aromatic carbocycles. The summed E-state index contributed by atoms with van der Waals surface area (Å²) in [6.45, 7) is 1.85. The van der Waals surface area contributed by atoms with Crippen LogP contribution in [0.25, 0.3) is 11.0 Å². The third kappa shape index (κ3) is 3.22. The molecule has 1 heterocycles. The van der Waals surface area contributed by atoms with Crippen LogP contribution in [0.15, 0.2) is 46.9 Å². The second-order valence-corrected chi connectivity index (χ2v) is 5.55. The lowest BCUT2D eigenvalue weighted by Gasteiger charge is -2.06. The number of nitrogens with one attached hydrogen (secondary N) is 1. The van der Waals surface area contributed by atoms with Crippen LogP contribution in [0.5, 0.6) is 0 Å². The summed E-state index contributed by atoms with van der Waals surface area (Å²) in [5, 5.41) is 14.5. The molecule has 7 heteroatoms. The number of hydrogen-bond donors (Lipinski definition) is 1. The lowest BCUT2D eigenvalue weighted by Crippen LogP contribution is -2.13. The molecule has 1 N–H and O–H groups in total. The lowest BCUT2D eigenvalue weighted by atomic mass is 10.1. The quantitative estimate of drug-likeness (QED) is 0.558. The van der Waals surface area contributed by atoms with Gasteiger partial charge < -0.3 is 14.5 Å². The number of hydrogen-bond acceptors (Lipinski definition) is 5. The number of nitrogens with zero attached hydrogens (tertiary/aromatic N) is 1. The number of nitro groups is 1. The van der Waals surface area contributed by atoms with Gasteiger partial charge in [-0.25, -0.2) is 0 Å². The van der Waals surface area contributed by atoms with Crippen LogP contribution in [0.3, 0.4) is 0 Å². The van der Waals surface area contributed by atoms with E-state index in [4.69, 9.17) is 9.15 Å². The molecule has 0 saturated heterocycles. The molecule has 7 nitrogen and oxygen atoms in total. The van der Waals surface area contributed by atoms with E-state index in [1.807, 2.05) is 18.2 Å². The van der Waals surface area contributed by atoms with Crippen molar-refractivity contribution in [1.29, 1.82) is 0 Å². The number of anilines is 1. The molecule has 1 amide bonds. The highest BCUT2D eigenvalue weighted by molar-refractivity contribution is 6.06. The number of fused-ring (bicyclic) bond motifs is 1. The smallest absolute Gasteiger partial charge is 0.291 e. The van der Waals surface area contributed by atoms with Gasteiger partial charge in [-0.15, -0.1) is 0 Å². The number of nitro benzene ring substituents is 1. The van der Waals surface area contributed by atoms with Crippen molar-refractivity contribution in [3.05, 3.63) is 69.5 Å². The first-order chi connectivity index (χ1) is 12.0. The number of carbonyl (C=O) groups excluding carboxylic acids is 1. The molecule has 25 heavy (non-hydrogen) atoms. The van der Waals surface area contributed by atoms with E-state index in [0.717, 1.165) is 5.39 Å². The summed E-state index contributed by atoms with van der Waals surface area (Å²) in [4.78, 5) is 23.2. The maximum Gasteiger partial charge on any atom is 0.291 e. The fourth-order valence-electron chi connectivity index (χ4n) is 2.64. The van der Waals surface area contributed by atoms with Crippen molar-refractivity contribution in [2.45, 2.75) is 13.5 Å². The van der Waals surface area contributed by atoms with Gasteiger partial charge in [-0.2, -0.15) is 0 Å². The van der Waals surface area contributed by atoms with Gasteiger partial charge in [-0.3, -0.25) is 14.9 Å². The van der Waals surface area contributed by atoms with Gasteiger partial charge >= 0.3 is 0 Å². The summed E-state index contributed by atoms with van der Waals surface area (Å²) >= 11 is 0. The average Bonchev–Trinajstić information content (AvgIpc) is 2.96. The molecule has 3 aromatic rings. The maximum absolute atomic E-state index is 12.6. The summed E-state index contributed by atoms with van der Waals surface area (Å²) in [5.41, 5.74) is 2.00. The van der Waals surface area contributed by atoms with Crippen molar-refractivity contribution < 1.29 is 18.9 Å². The van der Waals surface area contributed by atoms with Gasteiger partial charge in [0, 0.05) is 35.4 Å². The highest BCUT2D eigenvalue weighted by Crippen LogP contribution is 2.28. The third-order valence-corrected chi connectivity index (χ3v) is 3.86. The van der Waals surface area contributed by atoms with Gasteiger partial charge in [-0.1, -0.05) is 24.3 Å². The van der Waals surface area contributed by atoms with Crippen LogP contribution in [0.1, 0.15) is 21.7 Å². The van der Waals surface area contributed by atoms with E-state index in [2.05, 4.69) is 5.32 Å². The number of para-hydroxylation sites is 1. The minimum atomic E-state index is -0.485. The van der Waals surface area contributed by atoms with Gasteiger partial charge in [0.1, 0.15) is 5.58 Å². The summed E-state index contributed by atoms with van der Waals surface area (Å²) in [7, 11) is 1.53. The Morgan fingerprint density at radius 3 is 2.76 bits per heavy atom. The maximum atomic E-state index is 12.6. The number of methoxy groups -OCH3 is 1. The zero-order valence-corrected chi connectivity index (χ0v) is 13.7. The zero-order chi connectivity index (χ0) is 18.0. The largest absolute Gasteiger partial charge is 0.451 e. The molecule has 0 fully saturated rings. The average molecular weight is 340 g/mol. The van der Waals surface area contributed by atoms with Crippen LogP contribution < -0.4 is 5.32 Å². The topological polar surface area (TPSA) is 94.6 Å². The Morgan fingerprint density at radius 2 is 2.04 bits per heavy atom. The number of amides is 1. The van der Waals surface area contributed by atoms with E-state index in [1.165, 1.54) is 13.2 Å². The van der Waals surface area contributed by atoms with Crippen LogP contribution in [0.2, 0.25) is 0 Å². The van der Waals surface area contributed by atoms with E-state index in [9.17, 15) is 14.9 Å². The van der Waals surface area contributed by atoms with E-state index in [0.29, 0.717) is 22.4 Å². The van der Waals surface area contributed by atoms with Crippen LogP contribution >= 0.6 is 0 Å². The number of aryl methyl sites for hydroxylation is 1. The molecular weight excluding hydrogens is 324 g/mol. The van der Waals surface area contributed by atoms with Crippen LogP contribution in [-0.2, 0) is 11.3 Å². The molecule has 0 aliphatic carbocycles. The van der Waals surface area contributed by atoms with Gasteiger partial charge in [0.15, 0.2) is 5.76 Å². The van der Waals surface area contributed by atoms with Crippen molar-refractivity contribution in [3.8, 4) is 0 Å². The molecule has 0 radical (unpaired) electrons. The third-order valence-electron chi connectivity index (χ3n) is 3.86. The summed E-state index contributed by atoms with van der Waals surface area (Å²) in [6, 6.07) is 11.8. The molecule has 0 unspecified atom stereocenters. The van der Waals surface area contributed by atoms with E-state index in [1.54, 1.807) is 25.1 Å². The van der Waals surface area contributed by atoms with Crippen molar-refractivity contribution >= 4 is 28.3 Å². The molecule has 0 bridgehead atoms. The Bertz CT molecular complexity index is 961. The monoisotopic (exact) mass is 340 g/mol. The molecule has 0 aliphatic rings.